The molecule has 0 aliphatic rings. The van der Waals surface area contributed by atoms with Gasteiger partial charge in [0.1, 0.15) is 5.75 Å². The predicted molar refractivity (Wildman–Crippen MR) is 88.8 cm³/mol. The van der Waals surface area contributed by atoms with Crippen molar-refractivity contribution in [3.8, 4) is 5.75 Å². The van der Waals surface area contributed by atoms with Crippen molar-refractivity contribution in [1.82, 2.24) is 10.6 Å². The number of aromatic hydroxyl groups is 1. The lowest BCUT2D eigenvalue weighted by Gasteiger charge is -2.11. The molecule has 0 unspecified atom stereocenters. The highest BCUT2D eigenvalue weighted by molar-refractivity contribution is 7.10. The first-order chi connectivity index (χ1) is 10.2. The van der Waals surface area contributed by atoms with Crippen LogP contribution in [0.1, 0.15) is 22.9 Å². The van der Waals surface area contributed by atoms with E-state index in [-0.39, 0.29) is 5.75 Å². The average Bonchev–Trinajstić information content (AvgIpc) is 2.89. The number of phenolic OH excluding ortho intramolecular Hbond substituents is 1. The van der Waals surface area contributed by atoms with E-state index in [0.717, 1.165) is 24.6 Å². The Bertz CT molecular complexity index is 590. The number of phenols is 1. The van der Waals surface area contributed by atoms with Crippen LogP contribution in [-0.2, 0) is 13.1 Å². The molecule has 0 radical (unpaired) electrons. The van der Waals surface area contributed by atoms with Crippen LogP contribution in [-0.4, -0.2) is 17.6 Å². The normalized spacial score (nSPS) is 11.4. The SMILES string of the molecule is CCNC(=NCc1ccc(O)cc1)NCc1sccc1C. The zero-order chi connectivity index (χ0) is 15.1. The van der Waals surface area contributed by atoms with E-state index in [1.54, 1.807) is 23.5 Å². The summed E-state index contributed by atoms with van der Waals surface area (Å²) in [5, 5.41) is 18.0. The van der Waals surface area contributed by atoms with E-state index < -0.39 is 0 Å². The van der Waals surface area contributed by atoms with Crippen molar-refractivity contribution in [2.45, 2.75) is 26.9 Å². The quantitative estimate of drug-likeness (QED) is 0.588. The van der Waals surface area contributed by atoms with E-state index in [0.29, 0.717) is 6.54 Å². The highest BCUT2D eigenvalue weighted by atomic mass is 32.1. The third-order valence-electron chi connectivity index (χ3n) is 3.08. The number of benzene rings is 1. The number of aryl methyl sites for hydroxylation is 1. The minimum absolute atomic E-state index is 0.279. The van der Waals surface area contributed by atoms with Crippen LogP contribution in [0.15, 0.2) is 40.7 Å². The number of nitrogens with one attached hydrogen (secondary N) is 2. The minimum atomic E-state index is 0.279. The first kappa shape index (κ1) is 15.4. The standard InChI is InChI=1S/C16H21N3OS/c1-3-17-16(19-11-15-12(2)8-9-21-15)18-10-13-4-6-14(20)7-5-13/h4-9,20H,3,10-11H2,1-2H3,(H2,17,18,19). The third-order valence-corrected chi connectivity index (χ3v) is 4.11. The first-order valence-corrected chi connectivity index (χ1v) is 7.90. The Balaban J connectivity index is 1.95. The summed E-state index contributed by atoms with van der Waals surface area (Å²) < 4.78 is 0. The molecule has 112 valence electrons. The molecule has 0 saturated carbocycles. The van der Waals surface area contributed by atoms with E-state index in [1.165, 1.54) is 10.4 Å². The van der Waals surface area contributed by atoms with Gasteiger partial charge in [-0.05, 0) is 48.6 Å². The minimum Gasteiger partial charge on any atom is -0.508 e. The summed E-state index contributed by atoms with van der Waals surface area (Å²) in [6.07, 6.45) is 0. The van der Waals surface area contributed by atoms with Crippen LogP contribution in [0, 0.1) is 6.92 Å². The fourth-order valence-electron chi connectivity index (χ4n) is 1.86. The van der Waals surface area contributed by atoms with Crippen LogP contribution in [0.4, 0.5) is 0 Å². The van der Waals surface area contributed by atoms with Gasteiger partial charge in [0.05, 0.1) is 13.1 Å². The third kappa shape index (κ3) is 4.79. The number of aliphatic imine (C=N–C) groups is 1. The first-order valence-electron chi connectivity index (χ1n) is 7.02. The van der Waals surface area contributed by atoms with Crippen LogP contribution in [0.25, 0.3) is 0 Å². The summed E-state index contributed by atoms with van der Waals surface area (Å²) in [4.78, 5) is 5.88. The molecule has 0 atom stereocenters. The van der Waals surface area contributed by atoms with Gasteiger partial charge in [-0.3, -0.25) is 0 Å². The van der Waals surface area contributed by atoms with E-state index >= 15 is 0 Å². The van der Waals surface area contributed by atoms with E-state index in [1.807, 2.05) is 19.1 Å². The van der Waals surface area contributed by atoms with Crippen molar-refractivity contribution in [2.24, 2.45) is 4.99 Å². The summed E-state index contributed by atoms with van der Waals surface area (Å²) in [5.41, 5.74) is 2.37. The number of nitrogens with zero attached hydrogens (tertiary/aromatic N) is 1. The molecule has 2 rings (SSSR count). The molecule has 2 aromatic rings. The van der Waals surface area contributed by atoms with Gasteiger partial charge in [0, 0.05) is 11.4 Å². The molecular formula is C16H21N3OS. The number of hydrogen-bond donors (Lipinski definition) is 3. The monoisotopic (exact) mass is 303 g/mol. The van der Waals surface area contributed by atoms with Gasteiger partial charge in [0.15, 0.2) is 5.96 Å². The van der Waals surface area contributed by atoms with Gasteiger partial charge >= 0.3 is 0 Å². The number of hydrogen-bond acceptors (Lipinski definition) is 3. The van der Waals surface area contributed by atoms with Crippen molar-refractivity contribution in [1.29, 1.82) is 0 Å². The molecule has 1 aromatic carbocycles. The van der Waals surface area contributed by atoms with Crippen molar-refractivity contribution >= 4 is 17.3 Å². The Labute approximate surface area is 129 Å². The molecule has 0 bridgehead atoms. The van der Waals surface area contributed by atoms with E-state index in [2.05, 4.69) is 34.0 Å². The molecule has 0 spiro atoms. The van der Waals surface area contributed by atoms with Crippen molar-refractivity contribution < 1.29 is 5.11 Å². The van der Waals surface area contributed by atoms with Crippen LogP contribution in [0.3, 0.4) is 0 Å². The topological polar surface area (TPSA) is 56.7 Å². The summed E-state index contributed by atoms with van der Waals surface area (Å²) in [6.45, 7) is 6.36. The lowest BCUT2D eigenvalue weighted by Crippen LogP contribution is -2.36. The molecule has 4 nitrogen and oxygen atoms in total. The lowest BCUT2D eigenvalue weighted by atomic mass is 10.2. The fraction of sp³-hybridized carbons (Fsp3) is 0.312. The molecule has 0 aliphatic carbocycles. The van der Waals surface area contributed by atoms with Crippen LogP contribution < -0.4 is 10.6 Å². The average molecular weight is 303 g/mol. The molecule has 21 heavy (non-hydrogen) atoms. The van der Waals surface area contributed by atoms with E-state index in [9.17, 15) is 5.11 Å². The van der Waals surface area contributed by atoms with Crippen LogP contribution >= 0.6 is 11.3 Å². The summed E-state index contributed by atoms with van der Waals surface area (Å²) in [7, 11) is 0. The van der Waals surface area contributed by atoms with Crippen molar-refractivity contribution in [2.75, 3.05) is 6.54 Å². The molecular weight excluding hydrogens is 282 g/mol. The zero-order valence-corrected chi connectivity index (χ0v) is 13.2. The zero-order valence-electron chi connectivity index (χ0n) is 12.4. The van der Waals surface area contributed by atoms with E-state index in [4.69, 9.17) is 0 Å². The summed E-state index contributed by atoms with van der Waals surface area (Å²) in [5.74, 6) is 1.08. The number of guanidine groups is 1. The van der Waals surface area contributed by atoms with Crippen molar-refractivity contribution in [3.05, 3.63) is 51.7 Å². The molecule has 5 heteroatoms. The Hall–Kier alpha value is -2.01. The van der Waals surface area contributed by atoms with Gasteiger partial charge in [0.25, 0.3) is 0 Å². The Morgan fingerprint density at radius 3 is 2.57 bits per heavy atom. The molecule has 3 N–H and O–H groups in total. The number of rotatable bonds is 5. The smallest absolute Gasteiger partial charge is 0.191 e. The van der Waals surface area contributed by atoms with Gasteiger partial charge in [0.2, 0.25) is 0 Å². The predicted octanol–water partition coefficient (Wildman–Crippen LogP) is 3.02. The molecule has 1 heterocycles. The Kier molecular flexibility index (Phi) is 5.63. The second-order valence-electron chi connectivity index (χ2n) is 4.74. The van der Waals surface area contributed by atoms with Gasteiger partial charge in [-0.15, -0.1) is 11.3 Å². The maximum Gasteiger partial charge on any atom is 0.191 e. The Morgan fingerprint density at radius 2 is 1.95 bits per heavy atom. The molecule has 1 aromatic heterocycles. The maximum atomic E-state index is 9.27. The largest absolute Gasteiger partial charge is 0.508 e. The summed E-state index contributed by atoms with van der Waals surface area (Å²) in [6, 6.07) is 9.25. The number of thiophene rings is 1. The second kappa shape index (κ2) is 7.69. The van der Waals surface area contributed by atoms with Crippen molar-refractivity contribution in [3.63, 3.8) is 0 Å². The van der Waals surface area contributed by atoms with Gasteiger partial charge < -0.3 is 15.7 Å². The fourth-order valence-corrected chi connectivity index (χ4v) is 2.71. The molecule has 0 saturated heterocycles. The molecule has 0 fully saturated rings. The molecule has 0 aliphatic heterocycles. The van der Waals surface area contributed by atoms with Gasteiger partial charge in [-0.2, -0.15) is 0 Å². The highest BCUT2D eigenvalue weighted by Gasteiger charge is 2.02. The molecule has 0 amide bonds. The van der Waals surface area contributed by atoms with Crippen LogP contribution in [0.5, 0.6) is 5.75 Å². The van der Waals surface area contributed by atoms with Crippen LogP contribution in [0.2, 0.25) is 0 Å². The Morgan fingerprint density at radius 1 is 1.19 bits per heavy atom. The maximum absolute atomic E-state index is 9.27. The lowest BCUT2D eigenvalue weighted by molar-refractivity contribution is 0.475. The van der Waals surface area contributed by atoms with Gasteiger partial charge in [-0.1, -0.05) is 12.1 Å². The van der Waals surface area contributed by atoms with Gasteiger partial charge in [-0.25, -0.2) is 4.99 Å². The second-order valence-corrected chi connectivity index (χ2v) is 5.74. The highest BCUT2D eigenvalue weighted by Crippen LogP contribution is 2.14. The summed E-state index contributed by atoms with van der Waals surface area (Å²) >= 11 is 1.75.